The van der Waals surface area contributed by atoms with Gasteiger partial charge in [0.15, 0.2) is 0 Å². The summed E-state index contributed by atoms with van der Waals surface area (Å²) in [5.74, 6) is 3.19. The van der Waals surface area contributed by atoms with Crippen molar-refractivity contribution in [3.8, 4) is 0 Å². The van der Waals surface area contributed by atoms with Crippen LogP contribution in [0.3, 0.4) is 0 Å². The van der Waals surface area contributed by atoms with E-state index in [9.17, 15) is 4.79 Å². The number of nitrogens with one attached hydrogen (secondary N) is 2. The number of morpholine rings is 1. The summed E-state index contributed by atoms with van der Waals surface area (Å²) < 4.78 is 5.40. The van der Waals surface area contributed by atoms with E-state index in [0.29, 0.717) is 19.1 Å². The van der Waals surface area contributed by atoms with Crippen LogP contribution in [0.4, 0.5) is 0 Å². The molecule has 2 fully saturated rings. The minimum absolute atomic E-state index is 0.0467. The van der Waals surface area contributed by atoms with Gasteiger partial charge in [-0.1, -0.05) is 0 Å². The molecule has 2 heterocycles. The topological polar surface area (TPSA) is 50.4 Å². The predicted octanol–water partition coefficient (Wildman–Crippen LogP) is 0.234. The zero-order chi connectivity index (χ0) is 11.2. The Kier molecular flexibility index (Phi) is 4.93. The highest BCUT2D eigenvalue weighted by molar-refractivity contribution is 7.99. The van der Waals surface area contributed by atoms with Gasteiger partial charge in [0, 0.05) is 19.6 Å². The number of carbonyl (C=O) groups excluding carboxylic acids is 1. The van der Waals surface area contributed by atoms with Gasteiger partial charge in [-0.3, -0.25) is 4.79 Å². The van der Waals surface area contributed by atoms with Crippen molar-refractivity contribution in [3.05, 3.63) is 0 Å². The summed E-state index contributed by atoms with van der Waals surface area (Å²) in [6.45, 7) is 2.95. The molecule has 1 atom stereocenters. The molecular weight excluding hydrogens is 224 g/mol. The Morgan fingerprint density at radius 2 is 2.25 bits per heavy atom. The van der Waals surface area contributed by atoms with Gasteiger partial charge in [-0.05, 0) is 30.3 Å². The molecule has 2 aliphatic rings. The first-order chi connectivity index (χ1) is 7.86. The highest BCUT2D eigenvalue weighted by atomic mass is 32.2. The molecule has 1 unspecified atom stereocenters. The summed E-state index contributed by atoms with van der Waals surface area (Å²) in [5.41, 5.74) is 0. The first-order valence-electron chi connectivity index (χ1n) is 6.04. The Morgan fingerprint density at radius 3 is 2.94 bits per heavy atom. The molecule has 0 radical (unpaired) electrons. The molecule has 0 saturated carbocycles. The van der Waals surface area contributed by atoms with Crippen molar-refractivity contribution < 1.29 is 9.53 Å². The van der Waals surface area contributed by atoms with Gasteiger partial charge in [-0.25, -0.2) is 0 Å². The minimum atomic E-state index is -0.285. The van der Waals surface area contributed by atoms with Crippen molar-refractivity contribution >= 4 is 17.7 Å². The summed E-state index contributed by atoms with van der Waals surface area (Å²) >= 11 is 2.01. The third-order valence-corrected chi connectivity index (χ3v) is 4.17. The highest BCUT2D eigenvalue weighted by Crippen LogP contribution is 2.21. The molecule has 5 heteroatoms. The first-order valence-corrected chi connectivity index (χ1v) is 7.19. The Hall–Kier alpha value is -0.260. The van der Waals surface area contributed by atoms with Crippen LogP contribution in [-0.2, 0) is 9.53 Å². The fourth-order valence-corrected chi connectivity index (χ4v) is 3.25. The van der Waals surface area contributed by atoms with Crippen molar-refractivity contribution in [2.75, 3.05) is 37.7 Å². The van der Waals surface area contributed by atoms with Crippen LogP contribution < -0.4 is 10.6 Å². The van der Waals surface area contributed by atoms with Gasteiger partial charge >= 0.3 is 0 Å². The van der Waals surface area contributed by atoms with E-state index in [1.165, 1.54) is 24.3 Å². The second-order valence-electron chi connectivity index (χ2n) is 4.36. The molecule has 0 bridgehead atoms. The first kappa shape index (κ1) is 12.2. The van der Waals surface area contributed by atoms with E-state index in [1.807, 2.05) is 11.8 Å². The van der Waals surface area contributed by atoms with Crippen molar-refractivity contribution in [3.63, 3.8) is 0 Å². The van der Waals surface area contributed by atoms with Crippen molar-refractivity contribution in [1.82, 2.24) is 10.6 Å². The molecule has 1 amide bonds. The van der Waals surface area contributed by atoms with Crippen LogP contribution >= 0.6 is 11.8 Å². The largest absolute Gasteiger partial charge is 0.366 e. The van der Waals surface area contributed by atoms with Crippen LogP contribution in [0.5, 0.6) is 0 Å². The number of hydrogen-bond acceptors (Lipinski definition) is 4. The average molecular weight is 244 g/mol. The summed E-state index contributed by atoms with van der Waals surface area (Å²) in [6, 6.07) is 0. The fraction of sp³-hybridized carbons (Fsp3) is 0.909. The minimum Gasteiger partial charge on any atom is -0.366 e. The summed E-state index contributed by atoms with van der Waals surface area (Å²) in [4.78, 5) is 11.8. The molecule has 2 aliphatic heterocycles. The van der Waals surface area contributed by atoms with Crippen LogP contribution in [0.1, 0.15) is 12.8 Å². The quantitative estimate of drug-likeness (QED) is 0.746. The second kappa shape index (κ2) is 6.47. The average Bonchev–Trinajstić information content (AvgIpc) is 2.38. The van der Waals surface area contributed by atoms with Crippen molar-refractivity contribution in [1.29, 1.82) is 0 Å². The molecule has 0 aromatic heterocycles. The Labute approximate surface area is 101 Å². The van der Waals surface area contributed by atoms with Crippen LogP contribution in [0, 0.1) is 5.92 Å². The van der Waals surface area contributed by atoms with E-state index in [4.69, 9.17) is 4.74 Å². The zero-order valence-electron chi connectivity index (χ0n) is 9.54. The van der Waals surface area contributed by atoms with Gasteiger partial charge in [-0.2, -0.15) is 11.8 Å². The van der Waals surface area contributed by atoms with Crippen molar-refractivity contribution in [2.24, 2.45) is 5.92 Å². The Balaban J connectivity index is 1.65. The third kappa shape index (κ3) is 3.64. The summed E-state index contributed by atoms with van der Waals surface area (Å²) in [6.07, 6.45) is 2.18. The Bertz CT molecular complexity index is 226. The Morgan fingerprint density at radius 1 is 1.44 bits per heavy atom. The van der Waals surface area contributed by atoms with Crippen LogP contribution in [0.2, 0.25) is 0 Å². The molecule has 0 aliphatic carbocycles. The van der Waals surface area contributed by atoms with Gasteiger partial charge in [0.25, 0.3) is 0 Å². The highest BCUT2D eigenvalue weighted by Gasteiger charge is 2.22. The molecule has 2 rings (SSSR count). The molecule has 2 saturated heterocycles. The van der Waals surface area contributed by atoms with E-state index in [1.54, 1.807) is 0 Å². The number of thioether (sulfide) groups is 1. The molecule has 0 spiro atoms. The molecule has 16 heavy (non-hydrogen) atoms. The fourth-order valence-electron chi connectivity index (χ4n) is 2.04. The van der Waals surface area contributed by atoms with E-state index in [-0.39, 0.29) is 12.0 Å². The zero-order valence-corrected chi connectivity index (χ0v) is 10.4. The van der Waals surface area contributed by atoms with E-state index in [0.717, 1.165) is 13.1 Å². The normalized spacial score (nSPS) is 27.6. The van der Waals surface area contributed by atoms with Crippen LogP contribution in [0.15, 0.2) is 0 Å². The number of ether oxygens (including phenoxy) is 1. The number of hydrogen-bond donors (Lipinski definition) is 2. The maximum absolute atomic E-state index is 11.8. The number of amides is 1. The monoisotopic (exact) mass is 244 g/mol. The van der Waals surface area contributed by atoms with Crippen molar-refractivity contribution in [2.45, 2.75) is 18.9 Å². The maximum atomic E-state index is 11.8. The number of rotatable bonds is 3. The van der Waals surface area contributed by atoms with Gasteiger partial charge in [0.05, 0.1) is 6.61 Å². The third-order valence-electron chi connectivity index (χ3n) is 3.13. The van der Waals surface area contributed by atoms with Gasteiger partial charge < -0.3 is 15.4 Å². The SMILES string of the molecule is O=C(NCC1CCSCC1)C1CNCCO1. The summed E-state index contributed by atoms with van der Waals surface area (Å²) in [7, 11) is 0. The molecule has 92 valence electrons. The molecule has 0 aromatic rings. The molecular formula is C11H20N2O2S. The smallest absolute Gasteiger partial charge is 0.250 e. The van der Waals surface area contributed by atoms with Crippen LogP contribution in [-0.4, -0.2) is 49.8 Å². The van der Waals surface area contributed by atoms with E-state index in [2.05, 4.69) is 10.6 Å². The lowest BCUT2D eigenvalue weighted by Gasteiger charge is -2.25. The maximum Gasteiger partial charge on any atom is 0.250 e. The summed E-state index contributed by atoms with van der Waals surface area (Å²) in [5, 5.41) is 6.17. The predicted molar refractivity (Wildman–Crippen MR) is 65.7 cm³/mol. The lowest BCUT2D eigenvalue weighted by atomic mass is 10.0. The standard InChI is InChI=1S/C11H20N2O2S/c14-11(10-8-12-3-4-15-10)13-7-9-1-5-16-6-2-9/h9-10,12H,1-8H2,(H,13,14). The molecule has 4 nitrogen and oxygen atoms in total. The van der Waals surface area contributed by atoms with E-state index < -0.39 is 0 Å². The second-order valence-corrected chi connectivity index (χ2v) is 5.59. The lowest BCUT2D eigenvalue weighted by Crippen LogP contribution is -2.48. The molecule has 0 aromatic carbocycles. The van der Waals surface area contributed by atoms with Gasteiger partial charge in [0.1, 0.15) is 6.10 Å². The lowest BCUT2D eigenvalue weighted by molar-refractivity contribution is -0.134. The van der Waals surface area contributed by atoms with Gasteiger partial charge in [0.2, 0.25) is 5.91 Å². The van der Waals surface area contributed by atoms with Crippen LogP contribution in [0.25, 0.3) is 0 Å². The molecule has 2 N–H and O–H groups in total. The number of carbonyl (C=O) groups is 1. The van der Waals surface area contributed by atoms with Gasteiger partial charge in [-0.15, -0.1) is 0 Å². The van der Waals surface area contributed by atoms with E-state index >= 15 is 0 Å².